The minimum Gasteiger partial charge on any atom is -0.320 e. The van der Waals surface area contributed by atoms with Crippen molar-refractivity contribution in [3.8, 4) is 0 Å². The van der Waals surface area contributed by atoms with E-state index in [-0.39, 0.29) is 5.91 Å². The van der Waals surface area contributed by atoms with E-state index in [1.165, 1.54) is 0 Å². The van der Waals surface area contributed by atoms with Crippen LogP contribution in [0.25, 0.3) is 0 Å². The number of amides is 1. The first kappa shape index (κ1) is 12.2. The molecular weight excluding hydrogens is 283 g/mol. The minimum atomic E-state index is -0.239. The second kappa shape index (κ2) is 4.68. The summed E-state index contributed by atoms with van der Waals surface area (Å²) in [5.41, 5.74) is 2.40. The molecule has 2 aromatic carbocycles. The molecule has 0 saturated heterocycles. The van der Waals surface area contributed by atoms with Crippen molar-refractivity contribution in [3.63, 3.8) is 0 Å². The molecule has 0 radical (unpaired) electrons. The van der Waals surface area contributed by atoms with Crippen molar-refractivity contribution in [1.29, 1.82) is 0 Å². The normalized spacial score (nSPS) is 15.5. The van der Waals surface area contributed by atoms with Crippen LogP contribution in [-0.4, -0.2) is 11.6 Å². The fourth-order valence-corrected chi connectivity index (χ4v) is 2.27. The number of hydrogen-bond donors (Lipinski definition) is 1. The Labute approximate surface area is 119 Å². The molecule has 2 aromatic rings. The molecule has 1 aliphatic rings. The van der Waals surface area contributed by atoms with Gasteiger partial charge in [0.15, 0.2) is 0 Å². The van der Waals surface area contributed by atoms with Crippen molar-refractivity contribution >= 4 is 46.2 Å². The number of rotatable bonds is 1. The Balaban J connectivity index is 2.11. The van der Waals surface area contributed by atoms with Crippen LogP contribution in [0, 0.1) is 0 Å². The van der Waals surface area contributed by atoms with Gasteiger partial charge in [0.05, 0.1) is 11.4 Å². The van der Waals surface area contributed by atoms with Crippen molar-refractivity contribution in [1.82, 2.24) is 0 Å². The van der Waals surface area contributed by atoms with E-state index in [9.17, 15) is 4.79 Å². The lowest BCUT2D eigenvalue weighted by atomic mass is 10.1. The smallest absolute Gasteiger partial charge is 0.275 e. The molecule has 0 bridgehead atoms. The molecule has 19 heavy (non-hydrogen) atoms. The van der Waals surface area contributed by atoms with Gasteiger partial charge in [0.1, 0.15) is 5.71 Å². The number of halogens is 2. The number of carbonyl (C=O) groups is 1. The first-order chi connectivity index (χ1) is 9.13. The third kappa shape index (κ3) is 2.35. The SMILES string of the molecule is O=C1Nc2ccc(Cl)cc2C1=Nc1cccc(Cl)c1. The van der Waals surface area contributed by atoms with Gasteiger partial charge in [0.2, 0.25) is 0 Å². The van der Waals surface area contributed by atoms with Crippen molar-refractivity contribution in [2.24, 2.45) is 4.99 Å². The van der Waals surface area contributed by atoms with Crippen molar-refractivity contribution in [2.75, 3.05) is 5.32 Å². The molecule has 1 amide bonds. The number of carbonyl (C=O) groups excluding carboxylic acids is 1. The van der Waals surface area contributed by atoms with Gasteiger partial charge in [-0.1, -0.05) is 29.3 Å². The van der Waals surface area contributed by atoms with Gasteiger partial charge in [-0.15, -0.1) is 0 Å². The average molecular weight is 291 g/mol. The summed E-state index contributed by atoms with van der Waals surface area (Å²) in [6, 6.07) is 12.2. The third-order valence-corrected chi connectivity index (χ3v) is 3.22. The quantitative estimate of drug-likeness (QED) is 0.845. The highest BCUT2D eigenvalue weighted by Crippen LogP contribution is 2.28. The van der Waals surface area contributed by atoms with Gasteiger partial charge in [0, 0.05) is 15.6 Å². The van der Waals surface area contributed by atoms with E-state index in [2.05, 4.69) is 10.3 Å². The van der Waals surface area contributed by atoms with Gasteiger partial charge in [-0.2, -0.15) is 0 Å². The molecule has 0 spiro atoms. The molecule has 0 aliphatic carbocycles. The Kier molecular flexibility index (Phi) is 3.01. The van der Waals surface area contributed by atoms with E-state index < -0.39 is 0 Å². The van der Waals surface area contributed by atoms with Gasteiger partial charge >= 0.3 is 0 Å². The highest BCUT2D eigenvalue weighted by atomic mass is 35.5. The lowest BCUT2D eigenvalue weighted by Gasteiger charge is -1.99. The lowest BCUT2D eigenvalue weighted by molar-refractivity contribution is -0.110. The topological polar surface area (TPSA) is 41.5 Å². The Bertz CT molecular complexity index is 710. The zero-order valence-corrected chi connectivity index (χ0v) is 11.2. The molecule has 1 heterocycles. The summed E-state index contributed by atoms with van der Waals surface area (Å²) in [6.07, 6.45) is 0. The van der Waals surface area contributed by atoms with Gasteiger partial charge in [0.25, 0.3) is 5.91 Å². The fraction of sp³-hybridized carbons (Fsp3) is 0. The molecule has 3 rings (SSSR count). The number of hydrogen-bond acceptors (Lipinski definition) is 2. The minimum absolute atomic E-state index is 0.239. The maximum absolute atomic E-state index is 11.9. The molecule has 5 heteroatoms. The molecule has 0 saturated carbocycles. The standard InChI is InChI=1S/C14H8Cl2N2O/c15-8-2-1-3-10(6-8)17-13-11-7-9(16)4-5-12(11)18-14(13)19/h1-7H,(H,17,18,19). The predicted molar refractivity (Wildman–Crippen MR) is 77.7 cm³/mol. The highest BCUT2D eigenvalue weighted by molar-refractivity contribution is 6.54. The Hall–Kier alpha value is -1.84. The van der Waals surface area contributed by atoms with Crippen molar-refractivity contribution in [3.05, 3.63) is 58.1 Å². The molecule has 94 valence electrons. The molecule has 0 atom stereocenters. The Morgan fingerprint density at radius 3 is 2.58 bits per heavy atom. The number of fused-ring (bicyclic) bond motifs is 1. The number of aliphatic imine (C=N–C) groups is 1. The summed E-state index contributed by atoms with van der Waals surface area (Å²) in [5.74, 6) is -0.239. The van der Waals surface area contributed by atoms with Crippen LogP contribution in [-0.2, 0) is 4.79 Å². The van der Waals surface area contributed by atoms with Crippen LogP contribution in [0.1, 0.15) is 5.56 Å². The van der Waals surface area contributed by atoms with E-state index in [4.69, 9.17) is 23.2 Å². The van der Waals surface area contributed by atoms with Crippen LogP contribution in [0.2, 0.25) is 10.0 Å². The van der Waals surface area contributed by atoms with Crippen molar-refractivity contribution in [2.45, 2.75) is 0 Å². The van der Waals surface area contributed by atoms with Crippen LogP contribution in [0.4, 0.5) is 11.4 Å². The zero-order valence-electron chi connectivity index (χ0n) is 9.65. The van der Waals surface area contributed by atoms with E-state index in [0.29, 0.717) is 27.0 Å². The Morgan fingerprint density at radius 1 is 1.00 bits per heavy atom. The predicted octanol–water partition coefficient (Wildman–Crippen LogP) is 4.07. The molecule has 0 aromatic heterocycles. The number of nitrogens with zero attached hydrogens (tertiary/aromatic N) is 1. The van der Waals surface area contributed by atoms with Crippen LogP contribution in [0.15, 0.2) is 47.5 Å². The van der Waals surface area contributed by atoms with E-state index in [1.807, 2.05) is 0 Å². The van der Waals surface area contributed by atoms with Crippen LogP contribution < -0.4 is 5.32 Å². The van der Waals surface area contributed by atoms with Gasteiger partial charge in [-0.3, -0.25) is 4.79 Å². The summed E-state index contributed by atoms with van der Waals surface area (Å²) < 4.78 is 0. The first-order valence-electron chi connectivity index (χ1n) is 5.59. The number of anilines is 1. The summed E-state index contributed by atoms with van der Waals surface area (Å²) >= 11 is 11.9. The van der Waals surface area contributed by atoms with E-state index >= 15 is 0 Å². The third-order valence-electron chi connectivity index (χ3n) is 2.75. The molecule has 1 aliphatic heterocycles. The summed E-state index contributed by atoms with van der Waals surface area (Å²) in [5, 5.41) is 3.89. The fourth-order valence-electron chi connectivity index (χ4n) is 1.91. The molecular formula is C14H8Cl2N2O. The Morgan fingerprint density at radius 2 is 1.79 bits per heavy atom. The first-order valence-corrected chi connectivity index (χ1v) is 6.34. The monoisotopic (exact) mass is 290 g/mol. The van der Waals surface area contributed by atoms with E-state index in [0.717, 1.165) is 5.69 Å². The summed E-state index contributed by atoms with van der Waals surface area (Å²) in [7, 11) is 0. The largest absolute Gasteiger partial charge is 0.320 e. The van der Waals surface area contributed by atoms with Gasteiger partial charge in [-0.25, -0.2) is 4.99 Å². The second-order valence-corrected chi connectivity index (χ2v) is 4.96. The van der Waals surface area contributed by atoms with Gasteiger partial charge in [-0.05, 0) is 36.4 Å². The number of nitrogens with one attached hydrogen (secondary N) is 1. The second-order valence-electron chi connectivity index (χ2n) is 4.08. The maximum Gasteiger partial charge on any atom is 0.275 e. The maximum atomic E-state index is 11.9. The lowest BCUT2D eigenvalue weighted by Crippen LogP contribution is -2.13. The molecule has 3 nitrogen and oxygen atoms in total. The van der Waals surface area contributed by atoms with Gasteiger partial charge < -0.3 is 5.32 Å². The van der Waals surface area contributed by atoms with Crippen LogP contribution >= 0.6 is 23.2 Å². The number of benzene rings is 2. The molecule has 0 fully saturated rings. The van der Waals surface area contributed by atoms with E-state index in [1.54, 1.807) is 42.5 Å². The summed E-state index contributed by atoms with van der Waals surface area (Å²) in [6.45, 7) is 0. The van der Waals surface area contributed by atoms with Crippen LogP contribution in [0.3, 0.4) is 0 Å². The summed E-state index contributed by atoms with van der Waals surface area (Å²) in [4.78, 5) is 16.3. The molecule has 1 N–H and O–H groups in total. The molecule has 0 unspecified atom stereocenters. The average Bonchev–Trinajstić information content (AvgIpc) is 2.66. The van der Waals surface area contributed by atoms with Crippen LogP contribution in [0.5, 0.6) is 0 Å². The highest BCUT2D eigenvalue weighted by Gasteiger charge is 2.26. The van der Waals surface area contributed by atoms with Crippen molar-refractivity contribution < 1.29 is 4.79 Å². The zero-order chi connectivity index (χ0) is 13.4.